The molecular formula is C12H14O3. The van der Waals surface area contributed by atoms with E-state index in [-0.39, 0.29) is 0 Å². The van der Waals surface area contributed by atoms with Crippen LogP contribution in [0.2, 0.25) is 0 Å². The van der Waals surface area contributed by atoms with E-state index in [4.69, 9.17) is 0 Å². The van der Waals surface area contributed by atoms with Crippen molar-refractivity contribution in [2.24, 2.45) is 0 Å². The molecule has 0 saturated carbocycles. The molecule has 0 aliphatic rings. The molecule has 1 aromatic carbocycles. The van der Waals surface area contributed by atoms with E-state index >= 15 is 0 Å². The molecule has 0 atom stereocenters. The van der Waals surface area contributed by atoms with Gasteiger partial charge in [0.2, 0.25) is 0 Å². The molecule has 0 aromatic heterocycles. The average Bonchev–Trinajstić information content (AvgIpc) is 2.32. The fraction of sp³-hybridized carbons (Fsp3) is 0.250. The lowest BCUT2D eigenvalue weighted by atomic mass is 10.2. The summed E-state index contributed by atoms with van der Waals surface area (Å²) in [5.41, 5.74) is 0.729. The molecule has 0 fully saturated rings. The van der Waals surface area contributed by atoms with Gasteiger partial charge in [0.25, 0.3) is 0 Å². The molecule has 0 radical (unpaired) electrons. The first-order valence-electron chi connectivity index (χ1n) is 4.72. The Labute approximate surface area is 89.1 Å². The highest BCUT2D eigenvalue weighted by molar-refractivity contribution is 5.74. The second kappa shape index (κ2) is 10.3. The average molecular weight is 206 g/mol. The molecule has 3 heteroatoms. The Kier molecular flexibility index (Phi) is 9.09. The lowest BCUT2D eigenvalue weighted by molar-refractivity contribution is -0.108. The van der Waals surface area contributed by atoms with Crippen LogP contribution in [0.1, 0.15) is 29.6 Å². The van der Waals surface area contributed by atoms with Crippen molar-refractivity contribution in [3.05, 3.63) is 35.9 Å². The van der Waals surface area contributed by atoms with E-state index in [1.54, 1.807) is 12.1 Å². The van der Waals surface area contributed by atoms with Crippen LogP contribution in [0.5, 0.6) is 0 Å². The highest BCUT2D eigenvalue weighted by atomic mass is 16.1. The van der Waals surface area contributed by atoms with Crippen molar-refractivity contribution < 1.29 is 14.4 Å². The van der Waals surface area contributed by atoms with Crippen molar-refractivity contribution in [3.8, 4) is 0 Å². The fourth-order valence-corrected chi connectivity index (χ4v) is 0.816. The summed E-state index contributed by atoms with van der Waals surface area (Å²) >= 11 is 0. The third-order valence-corrected chi connectivity index (χ3v) is 1.58. The zero-order valence-electron chi connectivity index (χ0n) is 8.46. The van der Waals surface area contributed by atoms with Crippen molar-refractivity contribution in [1.29, 1.82) is 0 Å². The van der Waals surface area contributed by atoms with Crippen molar-refractivity contribution in [2.45, 2.75) is 19.3 Å². The Balaban J connectivity index is 0.000000265. The minimum absolute atomic E-state index is 0.513. The first-order chi connectivity index (χ1) is 7.35. The normalized spacial score (nSPS) is 8.27. The summed E-state index contributed by atoms with van der Waals surface area (Å²) in [4.78, 5) is 29.1. The summed E-state index contributed by atoms with van der Waals surface area (Å²) in [6, 6.07) is 9.10. The number of benzene rings is 1. The highest BCUT2D eigenvalue weighted by Gasteiger charge is 1.80. The van der Waals surface area contributed by atoms with Gasteiger partial charge in [0, 0.05) is 18.4 Å². The fourth-order valence-electron chi connectivity index (χ4n) is 0.816. The standard InChI is InChI=1S/C7H6O.C5H8O2/c8-6-7-4-2-1-3-5-7;6-4-2-1-3-5-7/h1-6H;4-5H,1-3H2. The number of carbonyl (C=O) groups excluding carboxylic acids is 3. The molecule has 0 spiro atoms. The summed E-state index contributed by atoms with van der Waals surface area (Å²) in [5.74, 6) is 0. The summed E-state index contributed by atoms with van der Waals surface area (Å²) in [5, 5.41) is 0. The van der Waals surface area contributed by atoms with Crippen LogP contribution in [0.4, 0.5) is 0 Å². The van der Waals surface area contributed by atoms with Gasteiger partial charge in [-0.25, -0.2) is 0 Å². The van der Waals surface area contributed by atoms with E-state index in [9.17, 15) is 14.4 Å². The number of aldehydes is 3. The van der Waals surface area contributed by atoms with Gasteiger partial charge in [-0.2, -0.15) is 0 Å². The lowest BCUT2D eigenvalue weighted by Gasteiger charge is -1.81. The third-order valence-electron chi connectivity index (χ3n) is 1.58. The van der Waals surface area contributed by atoms with Crippen molar-refractivity contribution in [2.75, 3.05) is 0 Å². The monoisotopic (exact) mass is 206 g/mol. The van der Waals surface area contributed by atoms with Crippen LogP contribution >= 0.6 is 0 Å². The van der Waals surface area contributed by atoms with Gasteiger partial charge < -0.3 is 9.59 Å². The highest BCUT2D eigenvalue weighted by Crippen LogP contribution is 1.91. The van der Waals surface area contributed by atoms with Crippen LogP contribution in [0.15, 0.2) is 30.3 Å². The largest absolute Gasteiger partial charge is 0.303 e. The van der Waals surface area contributed by atoms with E-state index in [0.717, 1.165) is 24.4 Å². The molecular weight excluding hydrogens is 192 g/mol. The molecule has 1 rings (SSSR count). The predicted molar refractivity (Wildman–Crippen MR) is 57.8 cm³/mol. The molecule has 0 aliphatic carbocycles. The molecule has 1 aromatic rings. The van der Waals surface area contributed by atoms with Crippen LogP contribution in [-0.2, 0) is 9.59 Å². The molecule has 0 unspecified atom stereocenters. The van der Waals surface area contributed by atoms with E-state index < -0.39 is 0 Å². The van der Waals surface area contributed by atoms with E-state index in [1.807, 2.05) is 18.2 Å². The van der Waals surface area contributed by atoms with Crippen molar-refractivity contribution in [1.82, 2.24) is 0 Å². The minimum Gasteiger partial charge on any atom is -0.303 e. The molecule has 0 heterocycles. The number of unbranched alkanes of at least 4 members (excludes halogenated alkanes) is 2. The second-order valence-electron chi connectivity index (χ2n) is 2.79. The first kappa shape index (κ1) is 13.2. The van der Waals surface area contributed by atoms with E-state index in [1.165, 1.54) is 0 Å². The predicted octanol–water partition coefficient (Wildman–Crippen LogP) is 2.05. The molecule has 15 heavy (non-hydrogen) atoms. The van der Waals surface area contributed by atoms with Crippen LogP contribution in [-0.4, -0.2) is 18.9 Å². The number of carbonyl (C=O) groups is 3. The van der Waals surface area contributed by atoms with Gasteiger partial charge >= 0.3 is 0 Å². The maximum Gasteiger partial charge on any atom is 0.150 e. The molecule has 0 N–H and O–H groups in total. The summed E-state index contributed by atoms with van der Waals surface area (Å²) in [6.45, 7) is 0. The van der Waals surface area contributed by atoms with Gasteiger partial charge in [0.15, 0.2) is 0 Å². The van der Waals surface area contributed by atoms with Gasteiger partial charge in [-0.05, 0) is 6.42 Å². The Bertz CT molecular complexity index is 272. The molecule has 80 valence electrons. The Morgan fingerprint density at radius 1 is 0.867 bits per heavy atom. The molecule has 0 amide bonds. The Hall–Kier alpha value is -1.77. The maximum absolute atomic E-state index is 10.0. The zero-order chi connectivity index (χ0) is 11.4. The first-order valence-corrected chi connectivity index (χ1v) is 4.72. The topological polar surface area (TPSA) is 51.2 Å². The lowest BCUT2D eigenvalue weighted by Crippen LogP contribution is -1.76. The summed E-state index contributed by atoms with van der Waals surface area (Å²) in [6.07, 6.45) is 4.21. The Morgan fingerprint density at radius 3 is 1.73 bits per heavy atom. The summed E-state index contributed by atoms with van der Waals surface area (Å²) in [7, 11) is 0. The van der Waals surface area contributed by atoms with Crippen molar-refractivity contribution >= 4 is 18.9 Å². The number of rotatable bonds is 5. The van der Waals surface area contributed by atoms with Crippen LogP contribution in [0.25, 0.3) is 0 Å². The van der Waals surface area contributed by atoms with Gasteiger partial charge in [-0.15, -0.1) is 0 Å². The smallest absolute Gasteiger partial charge is 0.150 e. The van der Waals surface area contributed by atoms with Crippen LogP contribution < -0.4 is 0 Å². The second-order valence-corrected chi connectivity index (χ2v) is 2.79. The van der Waals surface area contributed by atoms with Crippen molar-refractivity contribution in [3.63, 3.8) is 0 Å². The molecule has 0 saturated heterocycles. The quantitative estimate of drug-likeness (QED) is 0.547. The SMILES string of the molecule is O=CCCCC=O.O=Cc1ccccc1. The Morgan fingerprint density at radius 2 is 1.40 bits per heavy atom. The van der Waals surface area contributed by atoms with E-state index in [0.29, 0.717) is 19.3 Å². The van der Waals surface area contributed by atoms with Gasteiger partial charge in [-0.1, -0.05) is 30.3 Å². The minimum atomic E-state index is 0.513. The van der Waals surface area contributed by atoms with Crippen LogP contribution in [0, 0.1) is 0 Å². The summed E-state index contributed by atoms with van der Waals surface area (Å²) < 4.78 is 0. The molecule has 0 aliphatic heterocycles. The van der Waals surface area contributed by atoms with Gasteiger partial charge in [0.1, 0.15) is 18.9 Å². The van der Waals surface area contributed by atoms with Gasteiger partial charge in [-0.3, -0.25) is 4.79 Å². The van der Waals surface area contributed by atoms with Gasteiger partial charge in [0.05, 0.1) is 0 Å². The zero-order valence-corrected chi connectivity index (χ0v) is 8.46. The third kappa shape index (κ3) is 8.56. The molecule has 0 bridgehead atoms. The number of hydrogen-bond acceptors (Lipinski definition) is 3. The van der Waals surface area contributed by atoms with Crippen LogP contribution in [0.3, 0.4) is 0 Å². The maximum atomic E-state index is 10.0. The molecule has 3 nitrogen and oxygen atoms in total. The number of hydrogen-bond donors (Lipinski definition) is 0. The van der Waals surface area contributed by atoms with E-state index in [2.05, 4.69) is 0 Å².